The number of aromatic nitrogens is 3. The van der Waals surface area contributed by atoms with Gasteiger partial charge < -0.3 is 14.8 Å². The lowest BCUT2D eigenvalue weighted by Gasteiger charge is -2.10. The van der Waals surface area contributed by atoms with Crippen molar-refractivity contribution >= 4 is 17.5 Å². The van der Waals surface area contributed by atoms with E-state index >= 15 is 0 Å². The van der Waals surface area contributed by atoms with Crippen molar-refractivity contribution in [2.24, 2.45) is 0 Å². The summed E-state index contributed by atoms with van der Waals surface area (Å²) in [5.74, 6) is 1.27. The van der Waals surface area contributed by atoms with Gasteiger partial charge in [0.15, 0.2) is 5.15 Å². The smallest absolute Gasteiger partial charge is 0.221 e. The minimum Gasteiger partial charge on any atom is -0.360 e. The Bertz CT molecular complexity index is 564. The fourth-order valence-electron chi connectivity index (χ4n) is 1.68. The summed E-state index contributed by atoms with van der Waals surface area (Å²) in [5.41, 5.74) is 0.965. The maximum atomic E-state index is 11.8. The fraction of sp³-hybridized carbons (Fsp3) is 0.417. The van der Waals surface area contributed by atoms with Gasteiger partial charge in [-0.3, -0.25) is 4.79 Å². The van der Waals surface area contributed by atoms with Crippen LogP contribution in [0.15, 0.2) is 16.8 Å². The molecule has 0 aliphatic carbocycles. The summed E-state index contributed by atoms with van der Waals surface area (Å²) < 4.78 is 4.93. The monoisotopic (exact) mass is 282 g/mol. The molecule has 0 aliphatic rings. The Morgan fingerprint density at radius 1 is 1.63 bits per heavy atom. The van der Waals surface area contributed by atoms with E-state index in [0.717, 1.165) is 11.5 Å². The van der Waals surface area contributed by atoms with Gasteiger partial charge in [-0.2, -0.15) is 0 Å². The third-order valence-electron chi connectivity index (χ3n) is 2.64. The highest BCUT2D eigenvalue weighted by Gasteiger charge is 2.13. The lowest BCUT2D eigenvalue weighted by molar-refractivity contribution is -0.121. The third-order valence-corrected chi connectivity index (χ3v) is 2.82. The van der Waals surface area contributed by atoms with Crippen molar-refractivity contribution < 1.29 is 9.32 Å². The molecule has 7 heteroatoms. The highest BCUT2D eigenvalue weighted by Crippen LogP contribution is 2.12. The Morgan fingerprint density at radius 2 is 2.42 bits per heavy atom. The number of aromatic amines is 1. The predicted octanol–water partition coefficient (Wildman–Crippen LogP) is 2.17. The van der Waals surface area contributed by atoms with Gasteiger partial charge in [-0.1, -0.05) is 16.8 Å². The predicted molar refractivity (Wildman–Crippen MR) is 69.7 cm³/mol. The molecule has 0 aliphatic heterocycles. The van der Waals surface area contributed by atoms with Crippen LogP contribution >= 0.6 is 11.6 Å². The van der Waals surface area contributed by atoms with Gasteiger partial charge >= 0.3 is 0 Å². The van der Waals surface area contributed by atoms with Crippen molar-refractivity contribution in [3.8, 4) is 0 Å². The van der Waals surface area contributed by atoms with Crippen molar-refractivity contribution in [1.82, 2.24) is 20.4 Å². The SMILES string of the molecule is Cc1cnc([C@@H](C)NC(=O)CCc2cc(Cl)no2)[nH]1. The number of nitrogens with zero attached hydrogens (tertiary/aromatic N) is 2. The molecular formula is C12H15ClN4O2. The number of imidazole rings is 1. The largest absolute Gasteiger partial charge is 0.360 e. The van der Waals surface area contributed by atoms with Gasteiger partial charge in [-0.15, -0.1) is 0 Å². The zero-order chi connectivity index (χ0) is 13.8. The van der Waals surface area contributed by atoms with E-state index in [2.05, 4.69) is 20.4 Å². The van der Waals surface area contributed by atoms with Gasteiger partial charge in [0.2, 0.25) is 5.91 Å². The van der Waals surface area contributed by atoms with Crippen LogP contribution in [0.4, 0.5) is 0 Å². The van der Waals surface area contributed by atoms with Gasteiger partial charge in [-0.05, 0) is 13.8 Å². The second-order valence-electron chi connectivity index (χ2n) is 4.36. The first kappa shape index (κ1) is 13.6. The summed E-state index contributed by atoms with van der Waals surface area (Å²) >= 11 is 5.62. The van der Waals surface area contributed by atoms with Crippen LogP contribution < -0.4 is 5.32 Å². The first-order valence-electron chi connectivity index (χ1n) is 5.96. The highest BCUT2D eigenvalue weighted by atomic mass is 35.5. The van der Waals surface area contributed by atoms with Gasteiger partial charge in [0.25, 0.3) is 0 Å². The number of amides is 1. The van der Waals surface area contributed by atoms with Gasteiger partial charge in [-0.25, -0.2) is 4.98 Å². The molecule has 0 fully saturated rings. The molecule has 1 atom stereocenters. The molecule has 2 N–H and O–H groups in total. The van der Waals surface area contributed by atoms with Gasteiger partial charge in [0, 0.05) is 30.8 Å². The number of carbonyl (C=O) groups is 1. The molecule has 19 heavy (non-hydrogen) atoms. The van der Waals surface area contributed by atoms with Crippen molar-refractivity contribution in [2.45, 2.75) is 32.7 Å². The van der Waals surface area contributed by atoms with Gasteiger partial charge in [0.05, 0.1) is 6.04 Å². The van der Waals surface area contributed by atoms with Crippen molar-refractivity contribution in [2.75, 3.05) is 0 Å². The number of rotatable bonds is 5. The summed E-state index contributed by atoms with van der Waals surface area (Å²) in [5, 5.41) is 6.71. The van der Waals surface area contributed by atoms with E-state index in [1.807, 2.05) is 13.8 Å². The molecule has 2 aromatic rings. The zero-order valence-corrected chi connectivity index (χ0v) is 11.5. The number of H-pyrrole nitrogens is 1. The fourth-order valence-corrected chi connectivity index (χ4v) is 1.83. The van der Waals surface area contributed by atoms with E-state index in [4.69, 9.17) is 16.1 Å². The first-order valence-corrected chi connectivity index (χ1v) is 6.34. The average molecular weight is 283 g/mol. The van der Waals surface area contributed by atoms with E-state index in [0.29, 0.717) is 23.8 Å². The van der Waals surface area contributed by atoms with Crippen LogP contribution in [0.2, 0.25) is 5.15 Å². The Labute approximate surface area is 115 Å². The molecule has 0 spiro atoms. The Kier molecular flexibility index (Phi) is 4.21. The average Bonchev–Trinajstić information content (AvgIpc) is 2.95. The minimum atomic E-state index is -0.153. The number of halogens is 1. The molecule has 6 nitrogen and oxygen atoms in total. The summed E-state index contributed by atoms with van der Waals surface area (Å²) in [7, 11) is 0. The second-order valence-corrected chi connectivity index (χ2v) is 4.74. The van der Waals surface area contributed by atoms with E-state index in [1.54, 1.807) is 12.3 Å². The topological polar surface area (TPSA) is 83.8 Å². The van der Waals surface area contributed by atoms with E-state index in [-0.39, 0.29) is 11.9 Å². The summed E-state index contributed by atoms with van der Waals surface area (Å²) in [6.45, 7) is 3.79. The summed E-state index contributed by atoms with van der Waals surface area (Å²) in [4.78, 5) is 19.0. The third kappa shape index (κ3) is 3.82. The minimum absolute atomic E-state index is 0.0749. The normalized spacial score (nSPS) is 12.4. The standard InChI is InChI=1S/C12H15ClN4O2/c1-7-6-14-12(15-7)8(2)16-11(18)4-3-9-5-10(13)17-19-9/h5-6,8H,3-4H2,1-2H3,(H,14,15)(H,16,18)/t8-/m1/s1. The molecule has 1 amide bonds. The number of carbonyl (C=O) groups excluding carboxylic acids is 1. The van der Waals surface area contributed by atoms with Crippen LogP contribution in [0.25, 0.3) is 0 Å². The molecule has 2 rings (SSSR count). The molecule has 2 heterocycles. The Morgan fingerprint density at radius 3 is 3.00 bits per heavy atom. The Hall–Kier alpha value is -1.82. The molecule has 0 bridgehead atoms. The molecule has 0 saturated heterocycles. The number of nitrogens with one attached hydrogen (secondary N) is 2. The molecule has 2 aromatic heterocycles. The Balaban J connectivity index is 1.81. The van der Waals surface area contributed by atoms with E-state index in [9.17, 15) is 4.79 Å². The number of hydrogen-bond acceptors (Lipinski definition) is 4. The molecule has 0 aromatic carbocycles. The lowest BCUT2D eigenvalue weighted by atomic mass is 10.2. The van der Waals surface area contributed by atoms with Crippen LogP contribution in [0.5, 0.6) is 0 Å². The van der Waals surface area contributed by atoms with Crippen molar-refractivity contribution in [1.29, 1.82) is 0 Å². The van der Waals surface area contributed by atoms with Crippen LogP contribution in [-0.4, -0.2) is 21.0 Å². The molecule has 0 saturated carbocycles. The molecule has 0 unspecified atom stereocenters. The molecular weight excluding hydrogens is 268 g/mol. The van der Waals surface area contributed by atoms with Crippen molar-refractivity contribution in [3.05, 3.63) is 34.7 Å². The highest BCUT2D eigenvalue weighted by molar-refractivity contribution is 6.29. The quantitative estimate of drug-likeness (QED) is 0.880. The van der Waals surface area contributed by atoms with Crippen LogP contribution in [-0.2, 0) is 11.2 Å². The van der Waals surface area contributed by atoms with Crippen molar-refractivity contribution in [3.63, 3.8) is 0 Å². The van der Waals surface area contributed by atoms with Crippen LogP contribution in [0.1, 0.15) is 36.7 Å². The maximum absolute atomic E-state index is 11.8. The summed E-state index contributed by atoms with van der Waals surface area (Å²) in [6, 6.07) is 1.45. The molecule has 102 valence electrons. The molecule has 0 radical (unpaired) electrons. The van der Waals surface area contributed by atoms with Gasteiger partial charge in [0.1, 0.15) is 11.6 Å². The van der Waals surface area contributed by atoms with Crippen LogP contribution in [0.3, 0.4) is 0 Å². The lowest BCUT2D eigenvalue weighted by Crippen LogP contribution is -2.27. The second kappa shape index (κ2) is 5.88. The number of hydrogen-bond donors (Lipinski definition) is 2. The maximum Gasteiger partial charge on any atom is 0.221 e. The van der Waals surface area contributed by atoms with E-state index < -0.39 is 0 Å². The summed E-state index contributed by atoms with van der Waals surface area (Å²) in [6.07, 6.45) is 2.51. The van der Waals surface area contributed by atoms with Crippen LogP contribution in [0, 0.1) is 6.92 Å². The van der Waals surface area contributed by atoms with E-state index in [1.165, 1.54) is 0 Å². The zero-order valence-electron chi connectivity index (χ0n) is 10.7. The number of aryl methyl sites for hydroxylation is 2. The first-order chi connectivity index (χ1) is 9.04.